The average Bonchev–Trinajstić information content (AvgIpc) is 2.27. The molecule has 3 rings (SSSR count). The number of rotatable bonds is 3. The van der Waals surface area contributed by atoms with Crippen molar-refractivity contribution in [1.82, 2.24) is 10.2 Å². The maximum Gasteiger partial charge on any atom is 0.0345 e. The molecule has 0 saturated carbocycles. The van der Waals surface area contributed by atoms with E-state index in [1.165, 1.54) is 16.3 Å². The fourth-order valence-electron chi connectivity index (χ4n) is 2.41. The van der Waals surface area contributed by atoms with Crippen molar-refractivity contribution in [2.24, 2.45) is 0 Å². The molecule has 0 amide bonds. The van der Waals surface area contributed by atoms with E-state index in [0.717, 1.165) is 19.6 Å². The van der Waals surface area contributed by atoms with E-state index in [-0.39, 0.29) is 12.4 Å². The van der Waals surface area contributed by atoms with Gasteiger partial charge in [0.05, 0.1) is 0 Å². The van der Waals surface area contributed by atoms with Crippen molar-refractivity contribution >= 4 is 23.2 Å². The van der Waals surface area contributed by atoms with Crippen LogP contribution in [0.15, 0.2) is 42.5 Å². The van der Waals surface area contributed by atoms with Crippen LogP contribution in [0.5, 0.6) is 0 Å². The average molecular weight is 263 g/mol. The molecule has 3 heteroatoms. The molecule has 1 N–H and O–H groups in total. The molecule has 1 heterocycles. The molecule has 18 heavy (non-hydrogen) atoms. The lowest BCUT2D eigenvalue weighted by Gasteiger charge is -2.35. The van der Waals surface area contributed by atoms with E-state index >= 15 is 0 Å². The molecule has 0 aliphatic carbocycles. The van der Waals surface area contributed by atoms with Gasteiger partial charge in [-0.25, -0.2) is 0 Å². The smallest absolute Gasteiger partial charge is 0.0345 e. The van der Waals surface area contributed by atoms with Crippen molar-refractivity contribution in [3.63, 3.8) is 0 Å². The summed E-state index contributed by atoms with van der Waals surface area (Å²) >= 11 is 0. The van der Waals surface area contributed by atoms with Crippen LogP contribution >= 0.6 is 12.4 Å². The van der Waals surface area contributed by atoms with Crippen LogP contribution in [0.3, 0.4) is 0 Å². The summed E-state index contributed by atoms with van der Waals surface area (Å²) in [6, 6.07) is 15.9. The van der Waals surface area contributed by atoms with Crippen LogP contribution in [0.4, 0.5) is 0 Å². The zero-order valence-corrected chi connectivity index (χ0v) is 11.4. The molecule has 0 radical (unpaired) electrons. The first-order chi connectivity index (χ1) is 8.34. The molecular formula is C15H19ClN2. The van der Waals surface area contributed by atoms with E-state index in [4.69, 9.17) is 0 Å². The van der Waals surface area contributed by atoms with Crippen LogP contribution in [0.25, 0.3) is 10.8 Å². The van der Waals surface area contributed by atoms with Gasteiger partial charge in [0.15, 0.2) is 0 Å². The molecule has 1 aliphatic heterocycles. The van der Waals surface area contributed by atoms with Crippen molar-refractivity contribution in [3.05, 3.63) is 48.0 Å². The Morgan fingerprint density at radius 1 is 1.11 bits per heavy atom. The normalized spacial score (nSPS) is 15.4. The van der Waals surface area contributed by atoms with E-state index in [0.29, 0.717) is 6.04 Å². The second-order valence-electron chi connectivity index (χ2n) is 4.87. The molecule has 0 bridgehead atoms. The Morgan fingerprint density at radius 2 is 1.83 bits per heavy atom. The van der Waals surface area contributed by atoms with Crippen LogP contribution in [0.2, 0.25) is 0 Å². The number of halogens is 1. The topological polar surface area (TPSA) is 15.3 Å². The van der Waals surface area contributed by atoms with E-state index in [2.05, 4.69) is 59.7 Å². The van der Waals surface area contributed by atoms with Crippen molar-refractivity contribution in [3.8, 4) is 0 Å². The van der Waals surface area contributed by atoms with Gasteiger partial charge in [0.1, 0.15) is 0 Å². The summed E-state index contributed by atoms with van der Waals surface area (Å²) in [5, 5.41) is 6.04. The second-order valence-corrected chi connectivity index (χ2v) is 4.87. The Hall–Kier alpha value is -1.09. The molecule has 1 aliphatic rings. The fraction of sp³-hybridized carbons (Fsp3) is 0.333. The number of fused-ring (bicyclic) bond motifs is 1. The van der Waals surface area contributed by atoms with Crippen LogP contribution in [-0.2, 0) is 6.54 Å². The minimum absolute atomic E-state index is 0. The largest absolute Gasteiger partial charge is 0.314 e. The number of hydrogen-bond donors (Lipinski definition) is 1. The zero-order valence-electron chi connectivity index (χ0n) is 10.6. The Bertz CT molecular complexity index is 517. The van der Waals surface area contributed by atoms with Gasteiger partial charge in [0.25, 0.3) is 0 Å². The first-order valence-electron chi connectivity index (χ1n) is 6.22. The molecule has 2 nitrogen and oxygen atoms in total. The van der Waals surface area contributed by atoms with Gasteiger partial charge in [-0.1, -0.05) is 42.5 Å². The van der Waals surface area contributed by atoms with E-state index < -0.39 is 0 Å². The predicted octanol–water partition coefficient (Wildman–Crippen LogP) is 2.67. The van der Waals surface area contributed by atoms with Gasteiger partial charge in [0, 0.05) is 25.7 Å². The molecule has 0 spiro atoms. The molecule has 0 aromatic heterocycles. The maximum atomic E-state index is 3.32. The lowest BCUT2D eigenvalue weighted by molar-refractivity contribution is 0.173. The van der Waals surface area contributed by atoms with Crippen LogP contribution < -0.4 is 5.32 Å². The summed E-state index contributed by atoms with van der Waals surface area (Å²) in [6.07, 6.45) is 0. The predicted molar refractivity (Wildman–Crippen MR) is 79.3 cm³/mol. The molecule has 0 atom stereocenters. The highest BCUT2D eigenvalue weighted by Gasteiger charge is 2.21. The zero-order chi connectivity index (χ0) is 11.7. The maximum absolute atomic E-state index is 3.32. The number of nitrogens with zero attached hydrogens (tertiary/aromatic N) is 1. The van der Waals surface area contributed by atoms with Gasteiger partial charge in [0.2, 0.25) is 0 Å². The quantitative estimate of drug-likeness (QED) is 0.915. The first-order valence-corrected chi connectivity index (χ1v) is 6.22. The van der Waals surface area contributed by atoms with Crippen LogP contribution in [0.1, 0.15) is 5.56 Å². The minimum atomic E-state index is 0. The molecule has 2 aromatic carbocycles. The van der Waals surface area contributed by atoms with E-state index in [1.54, 1.807) is 0 Å². The van der Waals surface area contributed by atoms with Gasteiger partial charge in [-0.2, -0.15) is 0 Å². The molecule has 1 saturated heterocycles. The molecular weight excluding hydrogens is 244 g/mol. The first kappa shape index (κ1) is 13.3. The summed E-state index contributed by atoms with van der Waals surface area (Å²) in [6.45, 7) is 3.29. The van der Waals surface area contributed by atoms with Crippen molar-refractivity contribution < 1.29 is 0 Å². The highest BCUT2D eigenvalue weighted by atomic mass is 35.5. The van der Waals surface area contributed by atoms with Gasteiger partial charge in [-0.3, -0.25) is 4.90 Å². The lowest BCUT2D eigenvalue weighted by Crippen LogP contribution is -2.55. The van der Waals surface area contributed by atoms with Crippen LogP contribution in [-0.4, -0.2) is 31.1 Å². The fourth-order valence-corrected chi connectivity index (χ4v) is 2.41. The number of nitrogens with one attached hydrogen (secondary N) is 1. The van der Waals surface area contributed by atoms with Crippen molar-refractivity contribution in [1.29, 1.82) is 0 Å². The molecule has 2 aromatic rings. The Kier molecular flexibility index (Phi) is 4.23. The van der Waals surface area contributed by atoms with Gasteiger partial charge >= 0.3 is 0 Å². The van der Waals surface area contributed by atoms with Crippen molar-refractivity contribution in [2.75, 3.05) is 20.1 Å². The van der Waals surface area contributed by atoms with E-state index in [1.807, 2.05) is 0 Å². The second kappa shape index (κ2) is 5.70. The summed E-state index contributed by atoms with van der Waals surface area (Å²) < 4.78 is 0. The third kappa shape index (κ3) is 2.51. The monoisotopic (exact) mass is 262 g/mol. The molecule has 1 fully saturated rings. The highest BCUT2D eigenvalue weighted by Crippen LogP contribution is 2.20. The van der Waals surface area contributed by atoms with Gasteiger partial charge in [-0.05, 0) is 23.4 Å². The van der Waals surface area contributed by atoms with Crippen LogP contribution in [0, 0.1) is 0 Å². The Morgan fingerprint density at radius 3 is 2.56 bits per heavy atom. The SMILES string of the molecule is CN(Cc1cccc2ccccc12)C1CNC1.Cl. The number of hydrogen-bond acceptors (Lipinski definition) is 2. The van der Waals surface area contributed by atoms with Gasteiger partial charge in [-0.15, -0.1) is 12.4 Å². The van der Waals surface area contributed by atoms with Crippen molar-refractivity contribution in [2.45, 2.75) is 12.6 Å². The summed E-state index contributed by atoms with van der Waals surface area (Å²) in [5.74, 6) is 0. The van der Waals surface area contributed by atoms with E-state index in [9.17, 15) is 0 Å². The highest BCUT2D eigenvalue weighted by molar-refractivity contribution is 5.85. The third-order valence-corrected chi connectivity index (χ3v) is 3.68. The number of likely N-dealkylation sites (N-methyl/N-ethyl adjacent to an activating group) is 1. The number of benzene rings is 2. The minimum Gasteiger partial charge on any atom is -0.314 e. The standard InChI is InChI=1S/C15H18N2.ClH/c1-17(14-9-16-10-14)11-13-7-4-6-12-5-2-3-8-15(12)13;/h2-8,14,16H,9-11H2,1H3;1H. The molecule has 0 unspecified atom stereocenters. The molecule has 96 valence electrons. The summed E-state index contributed by atoms with van der Waals surface area (Å²) in [7, 11) is 2.22. The third-order valence-electron chi connectivity index (χ3n) is 3.68. The Balaban J connectivity index is 0.00000120. The summed E-state index contributed by atoms with van der Waals surface area (Å²) in [4.78, 5) is 2.44. The summed E-state index contributed by atoms with van der Waals surface area (Å²) in [5.41, 5.74) is 1.43. The Labute approximate surface area is 114 Å². The lowest BCUT2D eigenvalue weighted by atomic mass is 10.0. The van der Waals surface area contributed by atoms with Gasteiger partial charge < -0.3 is 5.32 Å².